The van der Waals surface area contributed by atoms with Gasteiger partial charge in [0.15, 0.2) is 0 Å². The lowest BCUT2D eigenvalue weighted by Crippen LogP contribution is -2.44. The molecular formula is C20H18Br2N2O3. The fourth-order valence-electron chi connectivity index (χ4n) is 3.79. The zero-order valence-electron chi connectivity index (χ0n) is 14.7. The summed E-state index contributed by atoms with van der Waals surface area (Å²) in [5, 5.41) is 0. The number of carbonyl (C=O) groups is 2. The first kappa shape index (κ1) is 18.5. The normalized spacial score (nSPS) is 19.0. The van der Waals surface area contributed by atoms with Crippen molar-refractivity contribution in [3.63, 3.8) is 0 Å². The number of amides is 2. The Bertz CT molecular complexity index is 914. The number of halogens is 2. The van der Waals surface area contributed by atoms with Crippen molar-refractivity contribution in [2.45, 2.75) is 25.4 Å². The average Bonchev–Trinajstić information content (AvgIpc) is 3.12. The third-order valence-electron chi connectivity index (χ3n) is 5.09. The van der Waals surface area contributed by atoms with Crippen molar-refractivity contribution < 1.29 is 14.3 Å². The molecule has 1 atom stereocenters. The zero-order chi connectivity index (χ0) is 19.1. The summed E-state index contributed by atoms with van der Waals surface area (Å²) >= 11 is 7.03. The number of nitrogens with zero attached hydrogens (tertiary/aromatic N) is 2. The van der Waals surface area contributed by atoms with E-state index in [1.807, 2.05) is 30.3 Å². The van der Waals surface area contributed by atoms with Crippen molar-refractivity contribution in [2.24, 2.45) is 0 Å². The van der Waals surface area contributed by atoms with Gasteiger partial charge in [-0.25, -0.2) is 0 Å². The minimum Gasteiger partial charge on any atom is -0.497 e. The van der Waals surface area contributed by atoms with Gasteiger partial charge in [-0.3, -0.25) is 9.59 Å². The van der Waals surface area contributed by atoms with Gasteiger partial charge < -0.3 is 14.5 Å². The number of rotatable bonds is 3. The Morgan fingerprint density at radius 3 is 2.59 bits per heavy atom. The van der Waals surface area contributed by atoms with Crippen LogP contribution < -0.4 is 9.64 Å². The lowest BCUT2D eigenvalue weighted by atomic mass is 10.1. The van der Waals surface area contributed by atoms with Crippen LogP contribution in [0.4, 0.5) is 5.69 Å². The van der Waals surface area contributed by atoms with Gasteiger partial charge in [0, 0.05) is 15.5 Å². The number of hydrogen-bond donors (Lipinski definition) is 0. The Labute approximate surface area is 174 Å². The topological polar surface area (TPSA) is 49.9 Å². The Morgan fingerprint density at radius 2 is 1.89 bits per heavy atom. The van der Waals surface area contributed by atoms with Gasteiger partial charge in [0.1, 0.15) is 11.8 Å². The monoisotopic (exact) mass is 492 g/mol. The third-order valence-corrected chi connectivity index (χ3v) is 6.16. The summed E-state index contributed by atoms with van der Waals surface area (Å²) in [6.45, 7) is 1.02. The van der Waals surface area contributed by atoms with Gasteiger partial charge in [-0.1, -0.05) is 28.1 Å². The molecule has 0 saturated carbocycles. The van der Waals surface area contributed by atoms with Crippen LogP contribution in [-0.2, 0) is 11.3 Å². The predicted molar refractivity (Wildman–Crippen MR) is 110 cm³/mol. The number of anilines is 1. The molecule has 2 aromatic carbocycles. The number of hydrogen-bond acceptors (Lipinski definition) is 3. The fraction of sp³-hybridized carbons (Fsp3) is 0.300. The summed E-state index contributed by atoms with van der Waals surface area (Å²) in [5.74, 6) is 0.655. The number of methoxy groups -OCH3 is 1. The van der Waals surface area contributed by atoms with Gasteiger partial charge in [0.25, 0.3) is 5.91 Å². The van der Waals surface area contributed by atoms with Crippen molar-refractivity contribution in [1.29, 1.82) is 0 Å². The molecule has 2 amide bonds. The van der Waals surface area contributed by atoms with Crippen LogP contribution in [-0.4, -0.2) is 36.4 Å². The maximum absolute atomic E-state index is 13.4. The second-order valence-electron chi connectivity index (χ2n) is 6.71. The molecular weight excluding hydrogens is 476 g/mol. The van der Waals surface area contributed by atoms with Crippen LogP contribution in [0.5, 0.6) is 5.75 Å². The van der Waals surface area contributed by atoms with Gasteiger partial charge in [0.05, 0.1) is 24.9 Å². The first-order valence-electron chi connectivity index (χ1n) is 8.74. The zero-order valence-corrected chi connectivity index (χ0v) is 17.9. The molecule has 1 saturated heterocycles. The van der Waals surface area contributed by atoms with E-state index in [4.69, 9.17) is 4.74 Å². The van der Waals surface area contributed by atoms with Crippen molar-refractivity contribution in [3.8, 4) is 5.75 Å². The van der Waals surface area contributed by atoms with Crippen LogP contribution in [0.3, 0.4) is 0 Å². The number of ether oxygens (including phenoxy) is 1. The van der Waals surface area contributed by atoms with Crippen LogP contribution in [0.1, 0.15) is 28.8 Å². The summed E-state index contributed by atoms with van der Waals surface area (Å²) in [7, 11) is 1.62. The predicted octanol–water partition coefficient (Wildman–Crippen LogP) is 4.37. The number of benzene rings is 2. The van der Waals surface area contributed by atoms with E-state index in [1.54, 1.807) is 23.0 Å². The van der Waals surface area contributed by atoms with E-state index in [0.717, 1.165) is 26.7 Å². The minimum atomic E-state index is -0.395. The van der Waals surface area contributed by atoms with Crippen LogP contribution in [0.25, 0.3) is 0 Å². The molecule has 0 radical (unpaired) electrons. The Balaban J connectivity index is 1.82. The third kappa shape index (κ3) is 3.27. The van der Waals surface area contributed by atoms with Gasteiger partial charge >= 0.3 is 0 Å². The van der Waals surface area contributed by atoms with Crippen molar-refractivity contribution in [1.82, 2.24) is 4.90 Å². The molecule has 2 aliphatic rings. The molecule has 5 nitrogen and oxygen atoms in total. The van der Waals surface area contributed by atoms with Gasteiger partial charge in [0.2, 0.25) is 5.91 Å². The first-order chi connectivity index (χ1) is 13.0. The lowest BCUT2D eigenvalue weighted by molar-refractivity contribution is -0.122. The van der Waals surface area contributed by atoms with E-state index < -0.39 is 6.04 Å². The number of fused-ring (bicyclic) bond motifs is 2. The Kier molecular flexibility index (Phi) is 4.99. The molecule has 1 fully saturated rings. The highest BCUT2D eigenvalue weighted by Gasteiger charge is 2.42. The van der Waals surface area contributed by atoms with E-state index in [9.17, 15) is 9.59 Å². The summed E-state index contributed by atoms with van der Waals surface area (Å²) in [6.07, 6.45) is 1.56. The van der Waals surface area contributed by atoms with E-state index >= 15 is 0 Å². The van der Waals surface area contributed by atoms with Gasteiger partial charge in [-0.05, 0) is 58.6 Å². The fourth-order valence-corrected chi connectivity index (χ4v) is 5.22. The summed E-state index contributed by atoms with van der Waals surface area (Å²) < 4.78 is 6.74. The first-order valence-corrected chi connectivity index (χ1v) is 10.3. The second-order valence-corrected chi connectivity index (χ2v) is 8.48. The summed E-state index contributed by atoms with van der Waals surface area (Å²) in [5.41, 5.74) is 2.16. The Hall–Kier alpha value is -1.86. The van der Waals surface area contributed by atoms with Crippen LogP contribution in [0.15, 0.2) is 45.3 Å². The smallest absolute Gasteiger partial charge is 0.256 e. The largest absolute Gasteiger partial charge is 0.497 e. The molecule has 140 valence electrons. The van der Waals surface area contributed by atoms with E-state index in [0.29, 0.717) is 30.8 Å². The molecule has 4 rings (SSSR count). The quantitative estimate of drug-likeness (QED) is 0.637. The maximum Gasteiger partial charge on any atom is 0.256 e. The molecule has 7 heteroatoms. The summed E-state index contributed by atoms with van der Waals surface area (Å²) in [4.78, 5) is 30.0. The standard InChI is InChI=1S/C20H18Br2N2O3/c1-27-14-6-4-12(5-7-14)11-24-18-15(9-13(21)10-16(18)22)19(25)23-8-2-3-17(23)20(24)26/h4-7,9-10,17H,2-3,8,11H2,1H3/t17-/m0/s1. The van der Waals surface area contributed by atoms with Crippen LogP contribution in [0, 0.1) is 0 Å². The van der Waals surface area contributed by atoms with Crippen LogP contribution in [0.2, 0.25) is 0 Å². The number of carbonyl (C=O) groups excluding carboxylic acids is 2. The van der Waals surface area contributed by atoms with Gasteiger partial charge in [-0.2, -0.15) is 0 Å². The summed E-state index contributed by atoms with van der Waals surface area (Å²) in [6, 6.07) is 10.9. The molecule has 27 heavy (non-hydrogen) atoms. The van der Waals surface area contributed by atoms with E-state index in [-0.39, 0.29) is 11.8 Å². The molecule has 2 aromatic rings. The second kappa shape index (κ2) is 7.28. The maximum atomic E-state index is 13.4. The Morgan fingerprint density at radius 1 is 1.15 bits per heavy atom. The lowest BCUT2D eigenvalue weighted by Gasteiger charge is -2.26. The molecule has 2 aliphatic heterocycles. The minimum absolute atomic E-state index is 0.0292. The molecule has 2 heterocycles. The van der Waals surface area contributed by atoms with E-state index in [2.05, 4.69) is 31.9 Å². The molecule has 0 bridgehead atoms. The average molecular weight is 494 g/mol. The molecule has 0 unspecified atom stereocenters. The van der Waals surface area contributed by atoms with Crippen molar-refractivity contribution in [2.75, 3.05) is 18.6 Å². The van der Waals surface area contributed by atoms with Gasteiger partial charge in [-0.15, -0.1) is 0 Å². The van der Waals surface area contributed by atoms with Crippen molar-refractivity contribution >= 4 is 49.4 Å². The highest BCUT2D eigenvalue weighted by Crippen LogP contribution is 2.40. The highest BCUT2D eigenvalue weighted by atomic mass is 79.9. The molecule has 0 aromatic heterocycles. The van der Waals surface area contributed by atoms with Crippen molar-refractivity contribution in [3.05, 3.63) is 56.5 Å². The molecule has 0 spiro atoms. The highest BCUT2D eigenvalue weighted by molar-refractivity contribution is 9.11. The van der Waals surface area contributed by atoms with Crippen LogP contribution >= 0.6 is 31.9 Å². The van der Waals surface area contributed by atoms with E-state index in [1.165, 1.54) is 0 Å². The molecule has 0 N–H and O–H groups in total. The SMILES string of the molecule is COc1ccc(CN2C(=O)[C@@H]3CCCN3C(=O)c3cc(Br)cc(Br)c32)cc1. The molecule has 0 aliphatic carbocycles.